The smallest absolute Gasteiger partial charge is 0.320 e. The van der Waals surface area contributed by atoms with E-state index in [2.05, 4.69) is 12.2 Å². The fourth-order valence-corrected chi connectivity index (χ4v) is 2.49. The molecule has 0 heterocycles. The molecule has 0 radical (unpaired) electrons. The van der Waals surface area contributed by atoms with Crippen molar-refractivity contribution in [3.05, 3.63) is 0 Å². The molecule has 0 aromatic heterocycles. The summed E-state index contributed by atoms with van der Waals surface area (Å²) in [6.45, 7) is 2.92. The summed E-state index contributed by atoms with van der Waals surface area (Å²) in [6.07, 6.45) is 13.0. The molecule has 0 rings (SSSR count). The van der Waals surface area contributed by atoms with Gasteiger partial charge in [0.15, 0.2) is 0 Å². The largest absolute Gasteiger partial charge is 0.480 e. The second kappa shape index (κ2) is 14.8. The number of carbonyl (C=O) groups excluding carboxylic acids is 1. The highest BCUT2D eigenvalue weighted by molar-refractivity contribution is 5.77. The van der Waals surface area contributed by atoms with E-state index in [-0.39, 0.29) is 12.8 Å². The van der Waals surface area contributed by atoms with Gasteiger partial charge in [0.2, 0.25) is 5.91 Å². The Labute approximate surface area is 135 Å². The van der Waals surface area contributed by atoms with Crippen LogP contribution in [0.15, 0.2) is 0 Å². The fraction of sp³-hybridized carbons (Fsp3) is 0.882. The van der Waals surface area contributed by atoms with Gasteiger partial charge in [-0.15, -0.1) is 0 Å². The van der Waals surface area contributed by atoms with Crippen molar-refractivity contribution < 1.29 is 14.7 Å². The lowest BCUT2D eigenvalue weighted by atomic mass is 10.1. The third kappa shape index (κ3) is 13.9. The second-order valence-electron chi connectivity index (χ2n) is 6.03. The van der Waals surface area contributed by atoms with Gasteiger partial charge in [-0.2, -0.15) is 0 Å². The molecule has 1 amide bonds. The van der Waals surface area contributed by atoms with Crippen LogP contribution >= 0.6 is 0 Å². The van der Waals surface area contributed by atoms with Gasteiger partial charge in [0, 0.05) is 6.42 Å². The van der Waals surface area contributed by atoms with Crippen LogP contribution in [0.4, 0.5) is 0 Å². The summed E-state index contributed by atoms with van der Waals surface area (Å²) in [7, 11) is 0. The molecule has 5 nitrogen and oxygen atoms in total. The van der Waals surface area contributed by atoms with Crippen LogP contribution in [0.3, 0.4) is 0 Å². The van der Waals surface area contributed by atoms with Gasteiger partial charge in [0.1, 0.15) is 6.04 Å². The number of amides is 1. The van der Waals surface area contributed by atoms with Crippen LogP contribution in [0.5, 0.6) is 0 Å². The molecule has 0 aromatic rings. The zero-order chi connectivity index (χ0) is 16.6. The van der Waals surface area contributed by atoms with Crippen molar-refractivity contribution >= 4 is 11.9 Å². The molecule has 0 saturated carbocycles. The summed E-state index contributed by atoms with van der Waals surface area (Å²) >= 11 is 0. The summed E-state index contributed by atoms with van der Waals surface area (Å²) in [4.78, 5) is 21.7. The first-order chi connectivity index (χ1) is 10.6. The van der Waals surface area contributed by atoms with E-state index >= 15 is 0 Å². The quantitative estimate of drug-likeness (QED) is 0.381. The molecule has 0 saturated heterocycles. The average Bonchev–Trinajstić information content (AvgIpc) is 2.47. The van der Waals surface area contributed by atoms with Crippen LogP contribution in [0.2, 0.25) is 0 Å². The van der Waals surface area contributed by atoms with Crippen molar-refractivity contribution in [3.8, 4) is 0 Å². The molecule has 0 spiro atoms. The first kappa shape index (κ1) is 20.9. The molecular weight excluding hydrogens is 280 g/mol. The third-order valence-corrected chi connectivity index (χ3v) is 3.90. The highest BCUT2D eigenvalue weighted by Crippen LogP contribution is 2.10. The summed E-state index contributed by atoms with van der Waals surface area (Å²) in [5, 5.41) is 12.0. The molecule has 4 N–H and O–H groups in total. The Morgan fingerprint density at radius 1 is 0.955 bits per heavy atom. The summed E-state index contributed by atoms with van der Waals surface area (Å²) < 4.78 is 0. The molecule has 130 valence electrons. The predicted molar refractivity (Wildman–Crippen MR) is 89.7 cm³/mol. The van der Waals surface area contributed by atoms with Crippen LogP contribution in [-0.4, -0.2) is 29.6 Å². The Morgan fingerprint density at radius 2 is 1.45 bits per heavy atom. The van der Waals surface area contributed by atoms with Crippen molar-refractivity contribution in [1.29, 1.82) is 0 Å². The van der Waals surface area contributed by atoms with Gasteiger partial charge in [-0.1, -0.05) is 64.7 Å². The Morgan fingerprint density at radius 3 is 1.91 bits per heavy atom. The van der Waals surface area contributed by atoms with Crippen molar-refractivity contribution in [2.45, 2.75) is 90.0 Å². The SMILES string of the molecule is CCCCCCCCCCCCN[C@H](CCC(N)=O)C(=O)O. The number of aliphatic carboxylic acids is 1. The number of hydrogen-bond donors (Lipinski definition) is 3. The van der Waals surface area contributed by atoms with Crippen molar-refractivity contribution in [2.75, 3.05) is 6.54 Å². The maximum absolute atomic E-state index is 11.0. The van der Waals surface area contributed by atoms with Crippen molar-refractivity contribution in [2.24, 2.45) is 5.73 Å². The van der Waals surface area contributed by atoms with Gasteiger partial charge in [0.25, 0.3) is 0 Å². The van der Waals surface area contributed by atoms with Gasteiger partial charge >= 0.3 is 5.97 Å². The van der Waals surface area contributed by atoms with Gasteiger partial charge < -0.3 is 16.2 Å². The molecular formula is C17H34N2O3. The number of hydrogen-bond acceptors (Lipinski definition) is 3. The zero-order valence-electron chi connectivity index (χ0n) is 14.1. The van der Waals surface area contributed by atoms with Crippen molar-refractivity contribution in [1.82, 2.24) is 5.32 Å². The summed E-state index contributed by atoms with van der Waals surface area (Å²) in [6, 6.07) is -0.661. The lowest BCUT2D eigenvalue weighted by molar-refractivity contribution is -0.139. The molecule has 0 aliphatic rings. The van der Waals surface area contributed by atoms with Crippen LogP contribution in [0, 0.1) is 0 Å². The number of unbranched alkanes of at least 4 members (excludes halogenated alkanes) is 9. The normalized spacial score (nSPS) is 12.2. The minimum atomic E-state index is -0.909. The molecule has 0 aliphatic carbocycles. The van der Waals surface area contributed by atoms with Gasteiger partial charge in [-0.05, 0) is 19.4 Å². The Kier molecular flexibility index (Phi) is 14.1. The van der Waals surface area contributed by atoms with Gasteiger partial charge in [-0.3, -0.25) is 9.59 Å². The number of carbonyl (C=O) groups is 2. The Balaban J connectivity index is 3.42. The van der Waals surface area contributed by atoms with Crippen LogP contribution in [0.25, 0.3) is 0 Å². The van der Waals surface area contributed by atoms with E-state index in [0.29, 0.717) is 6.54 Å². The van der Waals surface area contributed by atoms with E-state index in [1.54, 1.807) is 0 Å². The monoisotopic (exact) mass is 314 g/mol. The molecule has 0 unspecified atom stereocenters. The Hall–Kier alpha value is -1.10. The van der Waals surface area contributed by atoms with Gasteiger partial charge in [-0.25, -0.2) is 0 Å². The maximum Gasteiger partial charge on any atom is 0.320 e. The van der Waals surface area contributed by atoms with Crippen LogP contribution in [0.1, 0.15) is 84.0 Å². The van der Waals surface area contributed by atoms with Gasteiger partial charge in [0.05, 0.1) is 0 Å². The molecule has 0 fully saturated rings. The number of nitrogens with one attached hydrogen (secondary N) is 1. The van der Waals surface area contributed by atoms with E-state index in [9.17, 15) is 9.59 Å². The molecule has 0 aromatic carbocycles. The molecule has 22 heavy (non-hydrogen) atoms. The summed E-state index contributed by atoms with van der Waals surface area (Å²) in [5.41, 5.74) is 5.04. The lowest BCUT2D eigenvalue weighted by Gasteiger charge is -2.13. The topological polar surface area (TPSA) is 92.4 Å². The summed E-state index contributed by atoms with van der Waals surface area (Å²) in [5.74, 6) is -1.36. The fourth-order valence-electron chi connectivity index (χ4n) is 2.49. The Bertz CT molecular complexity index is 296. The molecule has 5 heteroatoms. The third-order valence-electron chi connectivity index (χ3n) is 3.90. The number of rotatable bonds is 16. The lowest BCUT2D eigenvalue weighted by Crippen LogP contribution is -2.38. The maximum atomic E-state index is 11.0. The minimum Gasteiger partial charge on any atom is -0.480 e. The van der Waals surface area contributed by atoms with Crippen molar-refractivity contribution in [3.63, 3.8) is 0 Å². The number of carboxylic acids is 1. The van der Waals surface area contributed by atoms with Crippen LogP contribution in [-0.2, 0) is 9.59 Å². The van der Waals surface area contributed by atoms with E-state index in [4.69, 9.17) is 10.8 Å². The van der Waals surface area contributed by atoms with E-state index in [1.807, 2.05) is 0 Å². The first-order valence-electron chi connectivity index (χ1n) is 8.82. The zero-order valence-corrected chi connectivity index (χ0v) is 14.1. The number of nitrogens with two attached hydrogens (primary N) is 1. The molecule has 0 aliphatic heterocycles. The first-order valence-corrected chi connectivity index (χ1v) is 8.82. The molecule has 1 atom stereocenters. The van der Waals surface area contributed by atoms with Crippen LogP contribution < -0.4 is 11.1 Å². The highest BCUT2D eigenvalue weighted by atomic mass is 16.4. The number of primary amides is 1. The standard InChI is InChI=1S/C17H34N2O3/c1-2-3-4-5-6-7-8-9-10-11-14-19-15(17(21)22)12-13-16(18)20/h15,19H,2-14H2,1H3,(H2,18,20)(H,21,22)/t15-/m1/s1. The predicted octanol–water partition coefficient (Wildman–Crippen LogP) is 3.22. The average molecular weight is 314 g/mol. The van der Waals surface area contributed by atoms with E-state index in [0.717, 1.165) is 12.8 Å². The van der Waals surface area contributed by atoms with E-state index in [1.165, 1.54) is 51.4 Å². The van der Waals surface area contributed by atoms with E-state index < -0.39 is 17.9 Å². The second-order valence-corrected chi connectivity index (χ2v) is 6.03. The minimum absolute atomic E-state index is 0.113. The highest BCUT2D eigenvalue weighted by Gasteiger charge is 2.16. The molecule has 0 bridgehead atoms. The number of carboxylic acid groups (broad SMARTS) is 1.